The molecular formula is C17H21NO5. The van der Waals surface area contributed by atoms with Gasteiger partial charge in [0, 0.05) is 12.1 Å². The summed E-state index contributed by atoms with van der Waals surface area (Å²) in [5.41, 5.74) is -0.0355. The van der Waals surface area contributed by atoms with Crippen molar-refractivity contribution in [2.24, 2.45) is 0 Å². The van der Waals surface area contributed by atoms with Crippen LogP contribution >= 0.6 is 0 Å². The minimum Gasteiger partial charge on any atom is -0.476 e. The number of rotatable bonds is 5. The van der Waals surface area contributed by atoms with Gasteiger partial charge in [0.1, 0.15) is 5.75 Å². The van der Waals surface area contributed by atoms with E-state index in [4.69, 9.17) is 9.47 Å². The van der Waals surface area contributed by atoms with Gasteiger partial charge in [0.2, 0.25) is 0 Å². The number of hydrogen-bond donors (Lipinski definition) is 0. The highest BCUT2D eigenvalue weighted by atomic mass is 16.5. The summed E-state index contributed by atoms with van der Waals surface area (Å²) in [5.74, 6) is -0.206. The van der Waals surface area contributed by atoms with Crippen LogP contribution in [0.3, 0.4) is 0 Å². The first-order valence-electron chi connectivity index (χ1n) is 7.58. The number of anilines is 1. The standard InChI is InChI=1S/C17H21NO5/c1-5-22-15(20)8-9-18-13-10-12(11(2)19)6-7-14(13)23-17(3,4)16(18)21/h6-7,10H,5,8-9H2,1-4H3. The molecule has 0 aliphatic carbocycles. The lowest BCUT2D eigenvalue weighted by Gasteiger charge is -2.38. The number of Topliss-reactive ketones (excluding diaryl/α,β-unsaturated/α-hetero) is 1. The molecule has 6 nitrogen and oxygen atoms in total. The third kappa shape index (κ3) is 3.52. The van der Waals surface area contributed by atoms with Gasteiger partial charge in [0.05, 0.1) is 18.7 Å². The molecule has 1 aromatic carbocycles. The van der Waals surface area contributed by atoms with E-state index in [2.05, 4.69) is 0 Å². The summed E-state index contributed by atoms with van der Waals surface area (Å²) in [7, 11) is 0. The molecule has 0 unspecified atom stereocenters. The number of amides is 1. The summed E-state index contributed by atoms with van der Waals surface area (Å²) in [6.07, 6.45) is 0.0827. The molecule has 0 spiro atoms. The second-order valence-electron chi connectivity index (χ2n) is 5.86. The predicted octanol–water partition coefficient (Wildman–Crippen LogP) is 2.35. The van der Waals surface area contributed by atoms with Gasteiger partial charge in [-0.15, -0.1) is 0 Å². The molecular weight excluding hydrogens is 298 g/mol. The molecule has 0 atom stereocenters. The number of carbonyl (C=O) groups excluding carboxylic acids is 3. The number of hydrogen-bond acceptors (Lipinski definition) is 5. The average Bonchev–Trinajstić information content (AvgIpc) is 2.47. The maximum absolute atomic E-state index is 12.6. The minimum absolute atomic E-state index is 0.0827. The van der Waals surface area contributed by atoms with Crippen LogP contribution < -0.4 is 9.64 Å². The van der Waals surface area contributed by atoms with E-state index in [0.717, 1.165) is 0 Å². The lowest BCUT2D eigenvalue weighted by atomic mass is 10.0. The van der Waals surface area contributed by atoms with Gasteiger partial charge in [-0.2, -0.15) is 0 Å². The van der Waals surface area contributed by atoms with Gasteiger partial charge >= 0.3 is 5.97 Å². The maximum Gasteiger partial charge on any atom is 0.307 e. The van der Waals surface area contributed by atoms with Crippen LogP contribution in [0.5, 0.6) is 5.75 Å². The maximum atomic E-state index is 12.6. The highest BCUT2D eigenvalue weighted by Gasteiger charge is 2.41. The summed E-state index contributed by atoms with van der Waals surface area (Å²) in [6.45, 7) is 7.02. The van der Waals surface area contributed by atoms with Crippen molar-refractivity contribution in [3.63, 3.8) is 0 Å². The van der Waals surface area contributed by atoms with E-state index in [0.29, 0.717) is 23.6 Å². The molecule has 1 aliphatic heterocycles. The lowest BCUT2D eigenvalue weighted by Crippen LogP contribution is -2.53. The Morgan fingerprint density at radius 3 is 2.61 bits per heavy atom. The number of carbonyl (C=O) groups is 3. The fraction of sp³-hybridized carbons (Fsp3) is 0.471. The normalized spacial score (nSPS) is 15.7. The molecule has 0 radical (unpaired) electrons. The molecule has 1 amide bonds. The Labute approximate surface area is 135 Å². The van der Waals surface area contributed by atoms with Crippen LogP contribution in [0.15, 0.2) is 18.2 Å². The van der Waals surface area contributed by atoms with Crippen molar-refractivity contribution in [2.45, 2.75) is 39.7 Å². The highest BCUT2D eigenvalue weighted by Crippen LogP contribution is 2.38. The number of ether oxygens (including phenoxy) is 2. The molecule has 0 N–H and O–H groups in total. The van der Waals surface area contributed by atoms with Crippen LogP contribution in [0.1, 0.15) is 44.5 Å². The Balaban J connectivity index is 2.35. The molecule has 1 heterocycles. The lowest BCUT2D eigenvalue weighted by molar-refractivity contribution is -0.143. The molecule has 0 bridgehead atoms. The Morgan fingerprint density at radius 1 is 1.30 bits per heavy atom. The number of ketones is 1. The number of fused-ring (bicyclic) bond motifs is 1. The molecule has 23 heavy (non-hydrogen) atoms. The SMILES string of the molecule is CCOC(=O)CCN1C(=O)C(C)(C)Oc2ccc(C(C)=O)cc21. The second kappa shape index (κ2) is 6.40. The van der Waals surface area contributed by atoms with Crippen LogP contribution in [-0.4, -0.2) is 36.4 Å². The van der Waals surface area contributed by atoms with E-state index in [1.54, 1.807) is 39.0 Å². The molecule has 1 aromatic rings. The quantitative estimate of drug-likeness (QED) is 0.615. The third-order valence-corrected chi connectivity index (χ3v) is 3.63. The van der Waals surface area contributed by atoms with E-state index in [-0.39, 0.29) is 30.6 Å². The first-order chi connectivity index (χ1) is 10.8. The highest BCUT2D eigenvalue weighted by molar-refractivity contribution is 6.04. The van der Waals surface area contributed by atoms with Crippen molar-refractivity contribution < 1.29 is 23.9 Å². The smallest absolute Gasteiger partial charge is 0.307 e. The van der Waals surface area contributed by atoms with Gasteiger partial charge in [-0.3, -0.25) is 14.4 Å². The zero-order chi connectivity index (χ0) is 17.2. The van der Waals surface area contributed by atoms with E-state index < -0.39 is 5.60 Å². The zero-order valence-corrected chi connectivity index (χ0v) is 13.8. The van der Waals surface area contributed by atoms with Crippen LogP contribution in [0, 0.1) is 0 Å². The summed E-state index contributed by atoms with van der Waals surface area (Å²) >= 11 is 0. The molecule has 6 heteroatoms. The number of esters is 1. The summed E-state index contributed by atoms with van der Waals surface area (Å²) in [5, 5.41) is 0. The van der Waals surface area contributed by atoms with Crippen LogP contribution in [0.25, 0.3) is 0 Å². The van der Waals surface area contributed by atoms with E-state index >= 15 is 0 Å². The van der Waals surface area contributed by atoms with Gasteiger partial charge < -0.3 is 14.4 Å². The minimum atomic E-state index is -1.03. The van der Waals surface area contributed by atoms with Gasteiger partial charge in [-0.05, 0) is 45.9 Å². The van der Waals surface area contributed by atoms with E-state index in [1.165, 1.54) is 11.8 Å². The van der Waals surface area contributed by atoms with Crippen molar-refractivity contribution in [1.29, 1.82) is 0 Å². The number of benzene rings is 1. The first kappa shape index (κ1) is 17.0. The zero-order valence-electron chi connectivity index (χ0n) is 13.8. The molecule has 0 aromatic heterocycles. The Kier molecular flexibility index (Phi) is 4.73. The van der Waals surface area contributed by atoms with Crippen molar-refractivity contribution >= 4 is 23.3 Å². The third-order valence-electron chi connectivity index (χ3n) is 3.63. The van der Waals surface area contributed by atoms with Crippen molar-refractivity contribution in [3.05, 3.63) is 23.8 Å². The van der Waals surface area contributed by atoms with Crippen molar-refractivity contribution in [1.82, 2.24) is 0 Å². The fourth-order valence-electron chi connectivity index (χ4n) is 2.44. The topological polar surface area (TPSA) is 72.9 Å². The molecule has 1 aliphatic rings. The Hall–Kier alpha value is -2.37. The van der Waals surface area contributed by atoms with E-state index in [9.17, 15) is 14.4 Å². The number of nitrogens with zero attached hydrogens (tertiary/aromatic N) is 1. The average molecular weight is 319 g/mol. The largest absolute Gasteiger partial charge is 0.476 e. The van der Waals surface area contributed by atoms with Crippen LogP contribution in [0.2, 0.25) is 0 Å². The predicted molar refractivity (Wildman–Crippen MR) is 84.8 cm³/mol. The van der Waals surface area contributed by atoms with Crippen LogP contribution in [0.4, 0.5) is 5.69 Å². The fourth-order valence-corrected chi connectivity index (χ4v) is 2.44. The van der Waals surface area contributed by atoms with Gasteiger partial charge in [0.15, 0.2) is 11.4 Å². The van der Waals surface area contributed by atoms with Gasteiger partial charge in [0.25, 0.3) is 5.91 Å². The molecule has 0 fully saturated rings. The van der Waals surface area contributed by atoms with Gasteiger partial charge in [-0.1, -0.05) is 0 Å². The van der Waals surface area contributed by atoms with Crippen molar-refractivity contribution in [2.75, 3.05) is 18.1 Å². The summed E-state index contributed by atoms with van der Waals surface area (Å²) in [6, 6.07) is 4.96. The van der Waals surface area contributed by atoms with Crippen molar-refractivity contribution in [3.8, 4) is 5.75 Å². The Morgan fingerprint density at radius 2 is 2.00 bits per heavy atom. The Bertz CT molecular complexity index is 650. The molecule has 0 saturated carbocycles. The monoisotopic (exact) mass is 319 g/mol. The first-order valence-corrected chi connectivity index (χ1v) is 7.58. The second-order valence-corrected chi connectivity index (χ2v) is 5.86. The van der Waals surface area contributed by atoms with Gasteiger partial charge in [-0.25, -0.2) is 0 Å². The molecule has 2 rings (SSSR count). The van der Waals surface area contributed by atoms with Crippen LogP contribution in [-0.2, 0) is 14.3 Å². The van der Waals surface area contributed by atoms with E-state index in [1.807, 2.05) is 0 Å². The summed E-state index contributed by atoms with van der Waals surface area (Å²) < 4.78 is 10.6. The summed E-state index contributed by atoms with van der Waals surface area (Å²) in [4.78, 5) is 37.3. The molecule has 0 saturated heterocycles. The molecule has 124 valence electrons.